The van der Waals surface area contributed by atoms with Gasteiger partial charge < -0.3 is 10.5 Å². The van der Waals surface area contributed by atoms with Crippen molar-refractivity contribution in [2.24, 2.45) is 5.73 Å². The van der Waals surface area contributed by atoms with Gasteiger partial charge in [0.1, 0.15) is 5.75 Å². The van der Waals surface area contributed by atoms with Crippen LogP contribution in [0, 0.1) is 6.92 Å². The van der Waals surface area contributed by atoms with Gasteiger partial charge >= 0.3 is 0 Å². The molecule has 1 aliphatic carbocycles. The van der Waals surface area contributed by atoms with Gasteiger partial charge in [-0.05, 0) is 41.3 Å². The van der Waals surface area contributed by atoms with Gasteiger partial charge in [0.15, 0.2) is 0 Å². The van der Waals surface area contributed by atoms with E-state index >= 15 is 0 Å². The molecule has 94 valence electrons. The lowest BCUT2D eigenvalue weighted by Crippen LogP contribution is -2.39. The Hall–Kier alpha value is -0.540. The molecule has 0 aliphatic heterocycles. The average Bonchev–Trinajstić information content (AvgIpc) is 2.33. The minimum Gasteiger partial charge on any atom is -0.495 e. The number of methoxy groups -OCH3 is 1. The molecule has 0 atom stereocenters. The Morgan fingerprint density at radius 3 is 2.47 bits per heavy atom. The van der Waals surface area contributed by atoms with Gasteiger partial charge in [0, 0.05) is 11.1 Å². The summed E-state index contributed by atoms with van der Waals surface area (Å²) in [6.07, 6.45) is 5.84. The standard InChI is InChI=1S/C14H20BrNO/c1-10-6-7-11(13(17-2)12(10)15)14(16)8-4-3-5-9-14/h6-7H,3-5,8-9,16H2,1-2H3. The van der Waals surface area contributed by atoms with Gasteiger partial charge in [-0.1, -0.05) is 31.4 Å². The summed E-state index contributed by atoms with van der Waals surface area (Å²) in [6.45, 7) is 2.07. The van der Waals surface area contributed by atoms with Crippen LogP contribution in [0.3, 0.4) is 0 Å². The second kappa shape index (κ2) is 4.99. The van der Waals surface area contributed by atoms with Gasteiger partial charge in [-0.15, -0.1) is 0 Å². The Morgan fingerprint density at radius 2 is 1.88 bits per heavy atom. The fourth-order valence-corrected chi connectivity index (χ4v) is 3.21. The number of hydrogen-bond donors (Lipinski definition) is 1. The molecule has 0 aromatic heterocycles. The Kier molecular flexibility index (Phi) is 3.79. The van der Waals surface area contributed by atoms with E-state index in [1.807, 2.05) is 0 Å². The van der Waals surface area contributed by atoms with Crippen molar-refractivity contribution < 1.29 is 4.74 Å². The van der Waals surface area contributed by atoms with Gasteiger partial charge in [0.25, 0.3) is 0 Å². The number of halogens is 1. The van der Waals surface area contributed by atoms with Crippen molar-refractivity contribution >= 4 is 15.9 Å². The molecular weight excluding hydrogens is 278 g/mol. The van der Waals surface area contributed by atoms with Crippen LogP contribution in [-0.4, -0.2) is 7.11 Å². The maximum Gasteiger partial charge on any atom is 0.138 e. The highest BCUT2D eigenvalue weighted by Crippen LogP contribution is 2.43. The molecule has 1 fully saturated rings. The number of benzene rings is 1. The lowest BCUT2D eigenvalue weighted by Gasteiger charge is -2.35. The smallest absolute Gasteiger partial charge is 0.138 e. The van der Waals surface area contributed by atoms with E-state index in [2.05, 4.69) is 35.0 Å². The molecule has 0 saturated heterocycles. The van der Waals surface area contributed by atoms with Crippen LogP contribution in [0.4, 0.5) is 0 Å². The van der Waals surface area contributed by atoms with Crippen LogP contribution in [0.25, 0.3) is 0 Å². The van der Waals surface area contributed by atoms with E-state index in [0.29, 0.717) is 0 Å². The van der Waals surface area contributed by atoms with Crippen LogP contribution < -0.4 is 10.5 Å². The van der Waals surface area contributed by atoms with E-state index in [1.54, 1.807) is 7.11 Å². The summed E-state index contributed by atoms with van der Waals surface area (Å²) in [5.74, 6) is 0.911. The van der Waals surface area contributed by atoms with Gasteiger partial charge in [-0.3, -0.25) is 0 Å². The zero-order valence-corrected chi connectivity index (χ0v) is 12.1. The largest absolute Gasteiger partial charge is 0.495 e. The Morgan fingerprint density at radius 1 is 1.24 bits per heavy atom. The van der Waals surface area contributed by atoms with E-state index in [1.165, 1.54) is 24.8 Å². The van der Waals surface area contributed by atoms with Crippen LogP contribution in [0.15, 0.2) is 16.6 Å². The van der Waals surface area contributed by atoms with Gasteiger partial charge in [-0.25, -0.2) is 0 Å². The van der Waals surface area contributed by atoms with Crippen LogP contribution in [0.2, 0.25) is 0 Å². The monoisotopic (exact) mass is 297 g/mol. The molecule has 1 aromatic carbocycles. The van der Waals surface area contributed by atoms with Crippen molar-refractivity contribution in [3.8, 4) is 5.75 Å². The van der Waals surface area contributed by atoms with E-state index < -0.39 is 0 Å². The number of aryl methyl sites for hydroxylation is 1. The average molecular weight is 298 g/mol. The molecule has 17 heavy (non-hydrogen) atoms. The van der Waals surface area contributed by atoms with E-state index in [9.17, 15) is 0 Å². The summed E-state index contributed by atoms with van der Waals surface area (Å²) in [6, 6.07) is 4.25. The highest BCUT2D eigenvalue weighted by atomic mass is 79.9. The minimum absolute atomic E-state index is 0.209. The first-order valence-electron chi connectivity index (χ1n) is 6.21. The molecular formula is C14H20BrNO. The maximum absolute atomic E-state index is 6.57. The van der Waals surface area contributed by atoms with E-state index in [-0.39, 0.29) is 5.54 Å². The normalized spacial score (nSPS) is 19.1. The molecule has 2 nitrogen and oxygen atoms in total. The maximum atomic E-state index is 6.57. The zero-order chi connectivity index (χ0) is 12.5. The van der Waals surface area contributed by atoms with Gasteiger partial charge in [-0.2, -0.15) is 0 Å². The van der Waals surface area contributed by atoms with Crippen molar-refractivity contribution in [2.45, 2.75) is 44.6 Å². The lowest BCUT2D eigenvalue weighted by atomic mass is 9.77. The quantitative estimate of drug-likeness (QED) is 0.899. The lowest BCUT2D eigenvalue weighted by molar-refractivity contribution is 0.288. The van der Waals surface area contributed by atoms with Gasteiger partial charge in [0.05, 0.1) is 11.6 Å². The molecule has 1 aliphatic rings. The molecule has 1 saturated carbocycles. The summed E-state index contributed by atoms with van der Waals surface area (Å²) >= 11 is 3.60. The number of ether oxygens (including phenoxy) is 1. The third-order valence-corrected chi connectivity index (χ3v) is 4.76. The third kappa shape index (κ3) is 2.36. The van der Waals surface area contributed by atoms with Crippen LogP contribution >= 0.6 is 15.9 Å². The molecule has 1 aromatic rings. The van der Waals surface area contributed by atoms with Crippen LogP contribution in [0.1, 0.15) is 43.2 Å². The molecule has 0 unspecified atom stereocenters. The molecule has 0 radical (unpaired) electrons. The summed E-state index contributed by atoms with van der Waals surface area (Å²) in [5.41, 5.74) is 8.70. The van der Waals surface area contributed by atoms with Crippen molar-refractivity contribution in [1.29, 1.82) is 0 Å². The van der Waals surface area contributed by atoms with Crippen molar-refractivity contribution in [3.05, 3.63) is 27.7 Å². The molecule has 0 bridgehead atoms. The highest BCUT2D eigenvalue weighted by Gasteiger charge is 2.32. The molecule has 3 heteroatoms. The van der Waals surface area contributed by atoms with E-state index in [0.717, 1.165) is 28.6 Å². The summed E-state index contributed by atoms with van der Waals surface area (Å²) in [4.78, 5) is 0. The fourth-order valence-electron chi connectivity index (χ4n) is 2.70. The second-order valence-corrected chi connectivity index (χ2v) is 5.79. The predicted octanol–water partition coefficient (Wildman–Crippen LogP) is 3.88. The Bertz CT molecular complexity index is 411. The molecule has 0 amide bonds. The number of hydrogen-bond acceptors (Lipinski definition) is 2. The molecule has 0 spiro atoms. The van der Waals surface area contributed by atoms with Gasteiger partial charge in [0.2, 0.25) is 0 Å². The van der Waals surface area contributed by atoms with Crippen LogP contribution in [-0.2, 0) is 5.54 Å². The molecule has 2 N–H and O–H groups in total. The minimum atomic E-state index is -0.209. The van der Waals surface area contributed by atoms with Crippen molar-refractivity contribution in [1.82, 2.24) is 0 Å². The first-order chi connectivity index (χ1) is 8.08. The Labute approximate surface area is 112 Å². The van der Waals surface area contributed by atoms with Crippen LogP contribution in [0.5, 0.6) is 5.75 Å². The first kappa shape index (κ1) is 12.9. The van der Waals surface area contributed by atoms with E-state index in [4.69, 9.17) is 10.5 Å². The van der Waals surface area contributed by atoms with Crippen molar-refractivity contribution in [2.75, 3.05) is 7.11 Å². The fraction of sp³-hybridized carbons (Fsp3) is 0.571. The van der Waals surface area contributed by atoms with Crippen molar-refractivity contribution in [3.63, 3.8) is 0 Å². The SMILES string of the molecule is COc1c(C2(N)CCCCC2)ccc(C)c1Br. The predicted molar refractivity (Wildman–Crippen MR) is 74.4 cm³/mol. The summed E-state index contributed by atoms with van der Waals surface area (Å²) < 4.78 is 6.58. The summed E-state index contributed by atoms with van der Waals surface area (Å²) in [5, 5.41) is 0. The third-order valence-electron chi connectivity index (χ3n) is 3.78. The molecule has 2 rings (SSSR count). The second-order valence-electron chi connectivity index (χ2n) is 4.99. The number of nitrogens with two attached hydrogens (primary N) is 1. The number of rotatable bonds is 2. The molecule has 0 heterocycles. The summed E-state index contributed by atoms with van der Waals surface area (Å²) in [7, 11) is 1.72. The topological polar surface area (TPSA) is 35.2 Å². The zero-order valence-electron chi connectivity index (χ0n) is 10.6. The Balaban J connectivity index is 2.47. The first-order valence-corrected chi connectivity index (χ1v) is 7.00. The highest BCUT2D eigenvalue weighted by molar-refractivity contribution is 9.10.